The number of hydrogen-bond acceptors (Lipinski definition) is 9. The van der Waals surface area contributed by atoms with Crippen molar-refractivity contribution in [1.29, 1.82) is 0 Å². The lowest BCUT2D eigenvalue weighted by atomic mass is 10.1. The van der Waals surface area contributed by atoms with Crippen molar-refractivity contribution < 1.29 is 0 Å². The molecule has 9 heteroatoms. The molecular weight excluding hydrogens is 685 g/mol. The van der Waals surface area contributed by atoms with Gasteiger partial charge in [-0.2, -0.15) is 0 Å². The van der Waals surface area contributed by atoms with Crippen LogP contribution in [-0.2, 0) is 0 Å². The molecule has 9 heterocycles. The summed E-state index contributed by atoms with van der Waals surface area (Å²) in [6.45, 7) is 0. The second-order valence-corrected chi connectivity index (χ2v) is 14.9. The predicted molar refractivity (Wildman–Crippen MR) is 210 cm³/mol. The first kappa shape index (κ1) is 31.0. The fraction of sp³-hybridized carbons (Fsp3) is 0. The molecule has 0 aliphatic carbocycles. The summed E-state index contributed by atoms with van der Waals surface area (Å²) in [7, 11) is 0. The number of aromatic nitrogens is 6. The highest BCUT2D eigenvalue weighted by molar-refractivity contribution is 7.27. The lowest BCUT2D eigenvalue weighted by Gasteiger charge is -2.08. The SMILES string of the molecule is c1ccc(-c2cc(-c3ccc(-c4ccc(-c5ccc(-c6cc(-c7ccccn7)nc(-c7ccccn7)c6)s5)s4)s3)cc(-c3ccccn3)n2)nc1. The number of thiophene rings is 3. The summed E-state index contributed by atoms with van der Waals surface area (Å²) in [5, 5.41) is 0. The Balaban J connectivity index is 1.03. The van der Waals surface area contributed by atoms with Crippen LogP contribution in [0.2, 0.25) is 0 Å². The van der Waals surface area contributed by atoms with E-state index in [0.29, 0.717) is 0 Å². The van der Waals surface area contributed by atoms with Gasteiger partial charge in [-0.25, -0.2) is 9.97 Å². The molecule has 0 fully saturated rings. The first-order valence-electron chi connectivity index (χ1n) is 16.2. The van der Waals surface area contributed by atoms with Gasteiger partial charge < -0.3 is 0 Å². The molecule has 0 aromatic carbocycles. The van der Waals surface area contributed by atoms with E-state index in [0.717, 1.165) is 56.7 Å². The van der Waals surface area contributed by atoms with Crippen molar-refractivity contribution in [3.8, 4) is 85.9 Å². The van der Waals surface area contributed by atoms with Gasteiger partial charge in [-0.1, -0.05) is 24.3 Å². The summed E-state index contributed by atoms with van der Waals surface area (Å²) in [4.78, 5) is 35.4. The van der Waals surface area contributed by atoms with Gasteiger partial charge in [-0.3, -0.25) is 19.9 Å². The van der Waals surface area contributed by atoms with Crippen molar-refractivity contribution >= 4 is 34.0 Å². The third-order valence-corrected chi connectivity index (χ3v) is 12.0. The van der Waals surface area contributed by atoms with E-state index in [1.807, 2.05) is 84.1 Å². The first-order chi connectivity index (χ1) is 25.2. The minimum Gasteiger partial charge on any atom is -0.255 e. The van der Waals surface area contributed by atoms with Crippen LogP contribution in [0.4, 0.5) is 0 Å². The Bertz CT molecular complexity index is 2290. The highest BCUT2D eigenvalue weighted by Crippen LogP contribution is 2.44. The maximum absolute atomic E-state index is 4.94. The highest BCUT2D eigenvalue weighted by Gasteiger charge is 2.16. The molecule has 242 valence electrons. The molecule has 9 aromatic rings. The van der Waals surface area contributed by atoms with Crippen molar-refractivity contribution in [2.45, 2.75) is 0 Å². The Morgan fingerprint density at radius 3 is 0.824 bits per heavy atom. The molecule has 0 unspecified atom stereocenters. The number of rotatable bonds is 8. The van der Waals surface area contributed by atoms with Gasteiger partial charge in [0.05, 0.1) is 45.6 Å². The first-order valence-corrected chi connectivity index (χ1v) is 18.7. The van der Waals surface area contributed by atoms with E-state index < -0.39 is 0 Å². The van der Waals surface area contributed by atoms with Crippen LogP contribution >= 0.6 is 34.0 Å². The zero-order valence-electron chi connectivity index (χ0n) is 26.9. The van der Waals surface area contributed by atoms with Crippen LogP contribution in [0, 0.1) is 0 Å². The smallest absolute Gasteiger partial charge is 0.0900 e. The van der Waals surface area contributed by atoms with E-state index in [9.17, 15) is 0 Å². The average Bonchev–Trinajstić information content (AvgIpc) is 4.01. The largest absolute Gasteiger partial charge is 0.255 e. The average molecular weight is 711 g/mol. The Labute approximate surface area is 306 Å². The van der Waals surface area contributed by atoms with Crippen molar-refractivity contribution in [3.05, 3.63) is 158 Å². The number of pyridine rings is 6. The van der Waals surface area contributed by atoms with Crippen LogP contribution in [0.25, 0.3) is 85.9 Å². The number of nitrogens with zero attached hydrogens (tertiary/aromatic N) is 6. The maximum atomic E-state index is 4.94. The Morgan fingerprint density at radius 2 is 0.549 bits per heavy atom. The molecule has 0 radical (unpaired) electrons. The molecule has 0 saturated heterocycles. The molecule has 0 atom stereocenters. The molecule has 0 saturated carbocycles. The van der Waals surface area contributed by atoms with Gasteiger partial charge in [-0.05, 0) is 120 Å². The minimum absolute atomic E-state index is 0.823. The van der Waals surface area contributed by atoms with E-state index in [1.165, 1.54) is 29.3 Å². The quantitative estimate of drug-likeness (QED) is 0.156. The van der Waals surface area contributed by atoms with Gasteiger partial charge in [0.1, 0.15) is 0 Å². The summed E-state index contributed by atoms with van der Waals surface area (Å²) >= 11 is 5.38. The van der Waals surface area contributed by atoms with Crippen LogP contribution in [0.1, 0.15) is 0 Å². The van der Waals surface area contributed by atoms with Gasteiger partial charge in [-0.15, -0.1) is 34.0 Å². The topological polar surface area (TPSA) is 77.3 Å². The number of hydrogen-bond donors (Lipinski definition) is 0. The maximum Gasteiger partial charge on any atom is 0.0900 e. The summed E-state index contributed by atoms with van der Waals surface area (Å²) in [5.41, 5.74) is 8.81. The zero-order chi connectivity index (χ0) is 34.0. The van der Waals surface area contributed by atoms with Gasteiger partial charge in [0.2, 0.25) is 0 Å². The minimum atomic E-state index is 0.823. The summed E-state index contributed by atoms with van der Waals surface area (Å²) in [6, 6.07) is 45.4. The van der Waals surface area contributed by atoms with Gasteiger partial charge in [0.15, 0.2) is 0 Å². The molecular formula is C42H26N6S3. The second kappa shape index (κ2) is 13.7. The normalized spacial score (nSPS) is 11.1. The van der Waals surface area contributed by atoms with E-state index in [-0.39, 0.29) is 0 Å². The lowest BCUT2D eigenvalue weighted by Crippen LogP contribution is -1.93. The van der Waals surface area contributed by atoms with Crippen LogP contribution in [0.5, 0.6) is 0 Å². The zero-order valence-corrected chi connectivity index (χ0v) is 29.4. The van der Waals surface area contributed by atoms with Crippen LogP contribution in [0.15, 0.2) is 158 Å². The van der Waals surface area contributed by atoms with Gasteiger partial charge in [0, 0.05) is 54.1 Å². The van der Waals surface area contributed by atoms with E-state index in [2.05, 4.69) is 80.6 Å². The molecule has 9 aromatic heterocycles. The predicted octanol–water partition coefficient (Wildman–Crippen LogP) is 11.6. The van der Waals surface area contributed by atoms with Crippen LogP contribution in [0.3, 0.4) is 0 Å². The Kier molecular flexibility index (Phi) is 8.34. The van der Waals surface area contributed by atoms with Gasteiger partial charge in [0.25, 0.3) is 0 Å². The Morgan fingerprint density at radius 1 is 0.275 bits per heavy atom. The van der Waals surface area contributed by atoms with Crippen molar-refractivity contribution in [2.24, 2.45) is 0 Å². The second-order valence-electron chi connectivity index (χ2n) is 11.6. The third-order valence-electron chi connectivity index (χ3n) is 8.23. The monoisotopic (exact) mass is 710 g/mol. The molecule has 6 nitrogen and oxygen atoms in total. The molecule has 0 amide bonds. The lowest BCUT2D eigenvalue weighted by molar-refractivity contribution is 1.22. The molecule has 51 heavy (non-hydrogen) atoms. The molecule has 9 rings (SSSR count). The van der Waals surface area contributed by atoms with Crippen LogP contribution < -0.4 is 0 Å². The van der Waals surface area contributed by atoms with Crippen molar-refractivity contribution in [2.75, 3.05) is 0 Å². The van der Waals surface area contributed by atoms with E-state index >= 15 is 0 Å². The van der Waals surface area contributed by atoms with E-state index in [4.69, 9.17) is 9.97 Å². The van der Waals surface area contributed by atoms with Crippen molar-refractivity contribution in [1.82, 2.24) is 29.9 Å². The molecule has 0 N–H and O–H groups in total. The summed E-state index contributed by atoms with van der Waals surface area (Å²) in [6.07, 6.45) is 7.20. The third kappa shape index (κ3) is 6.53. The van der Waals surface area contributed by atoms with Crippen LogP contribution in [-0.4, -0.2) is 29.9 Å². The molecule has 0 aliphatic heterocycles. The van der Waals surface area contributed by atoms with E-state index in [1.54, 1.807) is 47.5 Å². The molecule has 0 spiro atoms. The summed E-state index contributed by atoms with van der Waals surface area (Å²) in [5.74, 6) is 0. The van der Waals surface area contributed by atoms with Gasteiger partial charge >= 0.3 is 0 Å². The Hall–Kier alpha value is -6.00. The molecule has 0 bridgehead atoms. The summed E-state index contributed by atoms with van der Waals surface area (Å²) < 4.78 is 0. The molecule has 0 aliphatic rings. The fourth-order valence-electron chi connectivity index (χ4n) is 5.78. The highest BCUT2D eigenvalue weighted by atomic mass is 32.1. The fourth-order valence-corrected chi connectivity index (χ4v) is 8.95. The van der Waals surface area contributed by atoms with Crippen molar-refractivity contribution in [3.63, 3.8) is 0 Å². The standard InChI is InChI=1S/C42H26N6S3/c1-5-19-43-29(9-1)33-23-27(24-34(47-33)30-10-2-6-20-44-30)37-13-15-39(49-37)41-17-18-42(51-41)40-16-14-38(50-40)28-25-35(31-11-3-7-21-45-31)48-36(26-28)32-12-4-8-22-46-32/h1-26H.